The highest BCUT2D eigenvalue weighted by Gasteiger charge is 2.26. The SMILES string of the molecule is CCCCCCCC/C=C/CCCC[N+](CCCC/C=C/CCCCCCCC)(CCCC/C=C/CCCCCCCC)Cc1ccccc1. The van der Waals surface area contributed by atoms with Crippen LogP contribution in [0.1, 0.15) is 219 Å². The lowest BCUT2D eigenvalue weighted by atomic mass is 10.1. The average Bonchev–Trinajstić information content (AvgIpc) is 3.13. The lowest BCUT2D eigenvalue weighted by Gasteiger charge is -2.39. The summed E-state index contributed by atoms with van der Waals surface area (Å²) < 4.78 is 1.29. The monoisotopic (exact) mass is 691 g/mol. The number of nitrogens with zero attached hydrogens (tertiary/aromatic N) is 1. The third-order valence-electron chi connectivity index (χ3n) is 10.8. The van der Waals surface area contributed by atoms with Crippen molar-refractivity contribution in [3.8, 4) is 0 Å². The van der Waals surface area contributed by atoms with E-state index >= 15 is 0 Å². The first-order chi connectivity index (χ1) is 24.8. The summed E-state index contributed by atoms with van der Waals surface area (Å²) in [6, 6.07) is 11.5. The van der Waals surface area contributed by atoms with Gasteiger partial charge in [0.25, 0.3) is 0 Å². The lowest BCUT2D eigenvalue weighted by Crippen LogP contribution is -2.49. The highest BCUT2D eigenvalue weighted by Crippen LogP contribution is 2.22. The Balaban J connectivity index is 2.63. The number of hydrogen-bond acceptors (Lipinski definition) is 0. The van der Waals surface area contributed by atoms with E-state index in [2.05, 4.69) is 87.6 Å². The molecule has 0 saturated carbocycles. The van der Waals surface area contributed by atoms with E-state index in [1.165, 1.54) is 229 Å². The maximum absolute atomic E-state index is 2.49. The highest BCUT2D eigenvalue weighted by atomic mass is 15.3. The van der Waals surface area contributed by atoms with E-state index in [1.54, 1.807) is 0 Å². The zero-order valence-corrected chi connectivity index (χ0v) is 34.3. The van der Waals surface area contributed by atoms with Crippen molar-refractivity contribution in [3.63, 3.8) is 0 Å². The number of rotatable bonds is 38. The molecule has 1 aromatic rings. The van der Waals surface area contributed by atoms with E-state index in [9.17, 15) is 0 Å². The molecule has 288 valence electrons. The molecule has 0 saturated heterocycles. The zero-order chi connectivity index (χ0) is 35.9. The van der Waals surface area contributed by atoms with Gasteiger partial charge in [-0.2, -0.15) is 0 Å². The minimum atomic E-state index is 1.20. The quantitative estimate of drug-likeness (QED) is 0.0368. The third-order valence-corrected chi connectivity index (χ3v) is 10.8. The summed E-state index contributed by atoms with van der Waals surface area (Å²) in [5, 5.41) is 0. The second kappa shape index (κ2) is 37.2. The van der Waals surface area contributed by atoms with Crippen LogP contribution >= 0.6 is 0 Å². The summed E-state index contributed by atoms with van der Waals surface area (Å²) in [6.07, 6.45) is 55.8. The normalized spacial score (nSPS) is 12.4. The van der Waals surface area contributed by atoms with Crippen LogP contribution in [-0.2, 0) is 6.54 Å². The molecule has 0 radical (unpaired) electrons. The van der Waals surface area contributed by atoms with Gasteiger partial charge in [0.05, 0.1) is 19.6 Å². The average molecular weight is 691 g/mol. The molecule has 0 bridgehead atoms. The molecule has 1 nitrogen and oxygen atoms in total. The molecule has 0 spiro atoms. The van der Waals surface area contributed by atoms with Crippen molar-refractivity contribution in [2.45, 2.75) is 220 Å². The molecule has 0 aliphatic rings. The lowest BCUT2D eigenvalue weighted by molar-refractivity contribution is -0.941. The van der Waals surface area contributed by atoms with Crippen LogP contribution in [0.3, 0.4) is 0 Å². The van der Waals surface area contributed by atoms with Crippen molar-refractivity contribution in [2.75, 3.05) is 19.6 Å². The van der Waals surface area contributed by atoms with E-state index in [-0.39, 0.29) is 0 Å². The minimum Gasteiger partial charge on any atom is -0.320 e. The third kappa shape index (κ3) is 30.1. The smallest absolute Gasteiger partial charge is 0.104 e. The van der Waals surface area contributed by atoms with Crippen molar-refractivity contribution in [3.05, 3.63) is 72.4 Å². The fourth-order valence-corrected chi connectivity index (χ4v) is 7.51. The molecule has 0 aliphatic carbocycles. The molecule has 50 heavy (non-hydrogen) atoms. The van der Waals surface area contributed by atoms with Crippen LogP contribution in [0.25, 0.3) is 0 Å². The van der Waals surface area contributed by atoms with Crippen LogP contribution in [-0.4, -0.2) is 24.1 Å². The number of allylic oxidation sites excluding steroid dienone is 6. The summed E-state index contributed by atoms with van der Waals surface area (Å²) in [5.41, 5.74) is 1.53. The van der Waals surface area contributed by atoms with Gasteiger partial charge in [0, 0.05) is 5.56 Å². The Morgan fingerprint density at radius 3 is 0.940 bits per heavy atom. The molecule has 0 amide bonds. The van der Waals surface area contributed by atoms with Crippen molar-refractivity contribution in [2.24, 2.45) is 0 Å². The van der Waals surface area contributed by atoms with Gasteiger partial charge in [-0.3, -0.25) is 0 Å². The Kier molecular flexibility index (Phi) is 34.5. The van der Waals surface area contributed by atoms with E-state index in [4.69, 9.17) is 0 Å². The number of hydrogen-bond donors (Lipinski definition) is 0. The molecule has 1 rings (SSSR count). The van der Waals surface area contributed by atoms with Gasteiger partial charge >= 0.3 is 0 Å². The van der Waals surface area contributed by atoms with Crippen molar-refractivity contribution in [1.82, 2.24) is 0 Å². The van der Waals surface area contributed by atoms with Gasteiger partial charge in [0.15, 0.2) is 0 Å². The number of unbranched alkanes of at least 4 members (excludes halogenated alkanes) is 24. The molecule has 0 unspecified atom stereocenters. The van der Waals surface area contributed by atoms with E-state index in [1.807, 2.05) is 0 Å². The fourth-order valence-electron chi connectivity index (χ4n) is 7.51. The van der Waals surface area contributed by atoms with E-state index < -0.39 is 0 Å². The van der Waals surface area contributed by atoms with E-state index in [0.29, 0.717) is 0 Å². The van der Waals surface area contributed by atoms with Crippen molar-refractivity contribution < 1.29 is 4.48 Å². The molecule has 0 heterocycles. The number of benzene rings is 1. The van der Waals surface area contributed by atoms with Crippen molar-refractivity contribution >= 4 is 0 Å². The van der Waals surface area contributed by atoms with Gasteiger partial charge in [0.2, 0.25) is 0 Å². The molecule has 0 aliphatic heterocycles. The number of quaternary nitrogens is 1. The maximum Gasteiger partial charge on any atom is 0.104 e. The summed E-state index contributed by atoms with van der Waals surface area (Å²) in [5.74, 6) is 0. The summed E-state index contributed by atoms with van der Waals surface area (Å²) in [7, 11) is 0. The molecule has 0 N–H and O–H groups in total. The Morgan fingerprint density at radius 2 is 0.620 bits per heavy atom. The first kappa shape index (κ1) is 46.4. The van der Waals surface area contributed by atoms with Crippen molar-refractivity contribution in [1.29, 1.82) is 0 Å². The summed E-state index contributed by atoms with van der Waals surface area (Å²) >= 11 is 0. The molecular weight excluding hydrogens is 603 g/mol. The predicted octanol–water partition coefficient (Wildman–Crippen LogP) is 16.4. The van der Waals surface area contributed by atoms with E-state index in [0.717, 1.165) is 0 Å². The summed E-state index contributed by atoms with van der Waals surface area (Å²) in [6.45, 7) is 12.1. The molecule has 0 atom stereocenters. The minimum absolute atomic E-state index is 1.20. The van der Waals surface area contributed by atoms with Crippen LogP contribution in [0.15, 0.2) is 66.8 Å². The van der Waals surface area contributed by atoms with Crippen LogP contribution in [0.5, 0.6) is 0 Å². The second-order valence-corrected chi connectivity index (χ2v) is 15.7. The topological polar surface area (TPSA) is 0 Å². The molecular formula is C49H88N+. The van der Waals surface area contributed by atoms with Gasteiger partial charge in [-0.15, -0.1) is 0 Å². The Bertz CT molecular complexity index is 796. The van der Waals surface area contributed by atoms with Crippen LogP contribution < -0.4 is 0 Å². The van der Waals surface area contributed by atoms with Crippen LogP contribution in [0.4, 0.5) is 0 Å². The second-order valence-electron chi connectivity index (χ2n) is 15.7. The largest absolute Gasteiger partial charge is 0.320 e. The van der Waals surface area contributed by atoms with Gasteiger partial charge in [-0.1, -0.05) is 184 Å². The molecule has 1 aromatic carbocycles. The maximum atomic E-state index is 2.49. The fraction of sp³-hybridized carbons (Fsp3) is 0.755. The Hall–Kier alpha value is -1.60. The Morgan fingerprint density at radius 1 is 0.340 bits per heavy atom. The Labute approximate surface area is 315 Å². The van der Waals surface area contributed by atoms with Gasteiger partial charge in [0.1, 0.15) is 6.54 Å². The van der Waals surface area contributed by atoms with Gasteiger partial charge < -0.3 is 4.48 Å². The van der Waals surface area contributed by atoms with Gasteiger partial charge in [-0.25, -0.2) is 0 Å². The highest BCUT2D eigenvalue weighted by molar-refractivity contribution is 5.13. The molecule has 0 fully saturated rings. The summed E-state index contributed by atoms with van der Waals surface area (Å²) in [4.78, 5) is 0. The standard InChI is InChI=1S/C49H88N/c1-4-7-10-13-16-19-22-25-28-31-34-40-45-50(48-49-43-38-37-39-44-49,46-41-35-32-29-26-23-20-17-14-11-8-5-2)47-42-36-33-30-27-24-21-18-15-12-9-6-3/h25-30,37-39,43-44H,4-24,31-36,40-42,45-48H2,1-3H3/q+1/b28-25+,29-26+,30-27+. The molecule has 0 aromatic heterocycles. The first-order valence-corrected chi connectivity index (χ1v) is 22.6. The van der Waals surface area contributed by atoms with Crippen LogP contribution in [0, 0.1) is 0 Å². The molecule has 1 heteroatoms. The van der Waals surface area contributed by atoms with Crippen LogP contribution in [0.2, 0.25) is 0 Å². The predicted molar refractivity (Wildman–Crippen MR) is 228 cm³/mol. The first-order valence-electron chi connectivity index (χ1n) is 22.6. The van der Waals surface area contributed by atoms with Gasteiger partial charge in [-0.05, 0) is 96.3 Å². The zero-order valence-electron chi connectivity index (χ0n) is 34.3.